The van der Waals surface area contributed by atoms with E-state index in [-0.39, 0.29) is 17.7 Å². The van der Waals surface area contributed by atoms with Crippen molar-refractivity contribution in [1.29, 1.82) is 0 Å². The predicted molar refractivity (Wildman–Crippen MR) is 96.0 cm³/mol. The van der Waals surface area contributed by atoms with Crippen molar-refractivity contribution in [2.75, 3.05) is 23.1 Å². The second-order valence-electron chi connectivity index (χ2n) is 5.31. The Morgan fingerprint density at radius 1 is 0.800 bits per heavy atom. The molecule has 0 fully saturated rings. The molecule has 2 aromatic carbocycles. The van der Waals surface area contributed by atoms with Crippen LogP contribution in [0.15, 0.2) is 42.5 Å². The summed E-state index contributed by atoms with van der Waals surface area (Å²) in [4.78, 5) is 34.8. The Balaban J connectivity index is 2.19. The lowest BCUT2D eigenvalue weighted by Gasteiger charge is -2.13. The zero-order valence-corrected chi connectivity index (χ0v) is 14.2. The van der Waals surface area contributed by atoms with Crippen molar-refractivity contribution >= 4 is 34.8 Å². The highest BCUT2D eigenvalue weighted by molar-refractivity contribution is 6.07. The van der Waals surface area contributed by atoms with Gasteiger partial charge in [0, 0.05) is 31.2 Å². The summed E-state index contributed by atoms with van der Waals surface area (Å²) in [6.07, 6.45) is 0. The van der Waals surface area contributed by atoms with Crippen LogP contribution >= 0.6 is 0 Å². The summed E-state index contributed by atoms with van der Waals surface area (Å²) in [5, 5.41) is 8.03. The summed E-state index contributed by atoms with van der Waals surface area (Å²) in [6, 6.07) is 11.4. The van der Waals surface area contributed by atoms with Crippen LogP contribution in [0.1, 0.15) is 24.2 Å². The van der Waals surface area contributed by atoms with Gasteiger partial charge in [0.2, 0.25) is 11.8 Å². The van der Waals surface area contributed by atoms with E-state index in [0.717, 1.165) is 0 Å². The molecular weight excluding hydrogens is 322 g/mol. The lowest BCUT2D eigenvalue weighted by molar-refractivity contribution is -0.115. The fourth-order valence-electron chi connectivity index (χ4n) is 2.16. The molecule has 25 heavy (non-hydrogen) atoms. The Kier molecular flexibility index (Phi) is 5.73. The largest absolute Gasteiger partial charge is 0.497 e. The number of carbonyl (C=O) groups excluding carboxylic acids is 3. The van der Waals surface area contributed by atoms with Gasteiger partial charge in [-0.25, -0.2) is 0 Å². The number of benzene rings is 2. The predicted octanol–water partition coefficient (Wildman–Crippen LogP) is 2.86. The number of rotatable bonds is 5. The van der Waals surface area contributed by atoms with E-state index in [0.29, 0.717) is 28.4 Å². The van der Waals surface area contributed by atoms with Crippen LogP contribution in [-0.2, 0) is 9.59 Å². The first-order valence-corrected chi connectivity index (χ1v) is 7.53. The molecule has 0 atom stereocenters. The van der Waals surface area contributed by atoms with Gasteiger partial charge in [-0.2, -0.15) is 0 Å². The monoisotopic (exact) mass is 341 g/mol. The first kappa shape index (κ1) is 18.0. The summed E-state index contributed by atoms with van der Waals surface area (Å²) in [5.74, 6) is -0.230. The molecule has 3 amide bonds. The van der Waals surface area contributed by atoms with E-state index in [9.17, 15) is 14.4 Å². The number of ether oxygens (including phenoxy) is 1. The minimum atomic E-state index is -0.342. The van der Waals surface area contributed by atoms with Crippen molar-refractivity contribution in [3.63, 3.8) is 0 Å². The first-order valence-electron chi connectivity index (χ1n) is 7.53. The molecule has 0 aliphatic carbocycles. The van der Waals surface area contributed by atoms with E-state index in [4.69, 9.17) is 4.74 Å². The van der Waals surface area contributed by atoms with Crippen LogP contribution in [0, 0.1) is 0 Å². The molecular formula is C18H19N3O4. The topological polar surface area (TPSA) is 96.5 Å². The number of amides is 3. The third-order valence-corrected chi connectivity index (χ3v) is 3.25. The fourth-order valence-corrected chi connectivity index (χ4v) is 2.16. The van der Waals surface area contributed by atoms with Crippen molar-refractivity contribution in [2.45, 2.75) is 13.8 Å². The second kappa shape index (κ2) is 7.96. The Bertz CT molecular complexity index is 800. The number of methoxy groups -OCH3 is 1. The molecule has 0 aliphatic heterocycles. The quantitative estimate of drug-likeness (QED) is 0.779. The maximum atomic E-state index is 12.4. The van der Waals surface area contributed by atoms with Crippen LogP contribution in [-0.4, -0.2) is 24.8 Å². The Labute approximate surface area is 145 Å². The molecule has 3 N–H and O–H groups in total. The maximum Gasteiger partial charge on any atom is 0.255 e. The van der Waals surface area contributed by atoms with Crippen LogP contribution in [0.5, 0.6) is 5.75 Å². The first-order chi connectivity index (χ1) is 11.9. The van der Waals surface area contributed by atoms with Gasteiger partial charge in [0.1, 0.15) is 5.75 Å². The highest BCUT2D eigenvalue weighted by atomic mass is 16.5. The van der Waals surface area contributed by atoms with Crippen LogP contribution in [0.4, 0.5) is 17.1 Å². The van der Waals surface area contributed by atoms with Crippen molar-refractivity contribution in [1.82, 2.24) is 0 Å². The molecule has 0 aromatic heterocycles. The summed E-state index contributed by atoms with van der Waals surface area (Å²) < 4.78 is 5.13. The summed E-state index contributed by atoms with van der Waals surface area (Å²) in [5.41, 5.74) is 1.91. The molecule has 0 radical (unpaired) electrons. The Morgan fingerprint density at radius 2 is 1.44 bits per heavy atom. The highest BCUT2D eigenvalue weighted by Crippen LogP contribution is 2.27. The van der Waals surface area contributed by atoms with Crippen LogP contribution in [0.2, 0.25) is 0 Å². The second-order valence-corrected chi connectivity index (χ2v) is 5.31. The fraction of sp³-hybridized carbons (Fsp3) is 0.167. The summed E-state index contributed by atoms with van der Waals surface area (Å²) in [7, 11) is 1.52. The van der Waals surface area contributed by atoms with Crippen LogP contribution < -0.4 is 20.7 Å². The van der Waals surface area contributed by atoms with Crippen molar-refractivity contribution < 1.29 is 19.1 Å². The molecule has 0 heterocycles. The zero-order valence-electron chi connectivity index (χ0n) is 14.2. The lowest BCUT2D eigenvalue weighted by Crippen LogP contribution is -2.15. The third kappa shape index (κ3) is 5.07. The molecule has 2 rings (SSSR count). The number of anilines is 3. The van der Waals surface area contributed by atoms with E-state index in [1.54, 1.807) is 42.5 Å². The molecule has 2 aromatic rings. The number of hydrogen-bond acceptors (Lipinski definition) is 4. The molecule has 0 aliphatic rings. The van der Waals surface area contributed by atoms with E-state index in [2.05, 4.69) is 16.0 Å². The zero-order chi connectivity index (χ0) is 18.4. The molecule has 0 unspecified atom stereocenters. The molecule has 7 nitrogen and oxygen atoms in total. The smallest absolute Gasteiger partial charge is 0.255 e. The minimum Gasteiger partial charge on any atom is -0.497 e. The van der Waals surface area contributed by atoms with Gasteiger partial charge in [-0.15, -0.1) is 0 Å². The van der Waals surface area contributed by atoms with Gasteiger partial charge in [-0.1, -0.05) is 0 Å². The van der Waals surface area contributed by atoms with E-state index in [1.807, 2.05) is 0 Å². The Hall–Kier alpha value is -3.35. The average Bonchev–Trinajstić information content (AvgIpc) is 2.56. The van der Waals surface area contributed by atoms with E-state index < -0.39 is 0 Å². The van der Waals surface area contributed by atoms with Crippen molar-refractivity contribution in [3.05, 3.63) is 48.0 Å². The number of nitrogens with one attached hydrogen (secondary N) is 3. The SMILES string of the molecule is COc1ccc(NC(=O)c2ccc(NC(C)=O)cc2)c(NC(C)=O)c1. The van der Waals surface area contributed by atoms with E-state index in [1.165, 1.54) is 21.0 Å². The average molecular weight is 341 g/mol. The normalized spacial score (nSPS) is 9.88. The van der Waals surface area contributed by atoms with Crippen molar-refractivity contribution in [2.24, 2.45) is 0 Å². The molecule has 130 valence electrons. The van der Waals surface area contributed by atoms with Gasteiger partial charge in [-0.3, -0.25) is 14.4 Å². The minimum absolute atomic E-state index is 0.185. The summed E-state index contributed by atoms with van der Waals surface area (Å²) >= 11 is 0. The maximum absolute atomic E-state index is 12.4. The van der Waals surface area contributed by atoms with Gasteiger partial charge < -0.3 is 20.7 Å². The summed E-state index contributed by atoms with van der Waals surface area (Å²) in [6.45, 7) is 2.79. The number of hydrogen-bond donors (Lipinski definition) is 3. The van der Waals surface area contributed by atoms with Gasteiger partial charge in [-0.05, 0) is 36.4 Å². The third-order valence-electron chi connectivity index (χ3n) is 3.25. The lowest BCUT2D eigenvalue weighted by atomic mass is 10.1. The van der Waals surface area contributed by atoms with Gasteiger partial charge >= 0.3 is 0 Å². The molecule has 7 heteroatoms. The van der Waals surface area contributed by atoms with Crippen LogP contribution in [0.3, 0.4) is 0 Å². The standard InChI is InChI=1S/C18H19N3O4/c1-11(22)19-14-6-4-13(5-7-14)18(24)21-16-9-8-15(25-3)10-17(16)20-12(2)23/h4-10H,1-3H3,(H,19,22)(H,20,23)(H,21,24). The molecule has 0 saturated heterocycles. The van der Waals surface area contributed by atoms with Gasteiger partial charge in [0.15, 0.2) is 0 Å². The molecule has 0 saturated carbocycles. The number of carbonyl (C=O) groups is 3. The Morgan fingerprint density at radius 3 is 2.00 bits per heavy atom. The highest BCUT2D eigenvalue weighted by Gasteiger charge is 2.11. The van der Waals surface area contributed by atoms with E-state index >= 15 is 0 Å². The van der Waals surface area contributed by atoms with Crippen molar-refractivity contribution in [3.8, 4) is 5.75 Å². The van der Waals surface area contributed by atoms with Gasteiger partial charge in [0.25, 0.3) is 5.91 Å². The van der Waals surface area contributed by atoms with Gasteiger partial charge in [0.05, 0.1) is 18.5 Å². The molecule has 0 bridgehead atoms. The molecule has 0 spiro atoms. The van der Waals surface area contributed by atoms with Crippen LogP contribution in [0.25, 0.3) is 0 Å².